The fourth-order valence-electron chi connectivity index (χ4n) is 5.18. The molecule has 4 atom stereocenters. The number of imide groups is 1. The average Bonchev–Trinajstić information content (AvgIpc) is 3.58. The molecule has 32 heavy (non-hydrogen) atoms. The van der Waals surface area contributed by atoms with Gasteiger partial charge in [-0.25, -0.2) is 4.98 Å². The van der Waals surface area contributed by atoms with Crippen LogP contribution in [0.4, 0.5) is 0 Å². The van der Waals surface area contributed by atoms with Crippen molar-refractivity contribution in [3.8, 4) is 5.69 Å². The number of likely N-dealkylation sites (tertiary alicyclic amines) is 1. The van der Waals surface area contributed by atoms with Crippen LogP contribution in [0.5, 0.6) is 0 Å². The second-order valence-electron chi connectivity index (χ2n) is 8.28. The number of imidazole rings is 1. The normalized spacial score (nSPS) is 25.8. The number of rotatable bonds is 6. The quantitative estimate of drug-likeness (QED) is 0.190. The fraction of sp³-hybridized carbons (Fsp3) is 0.391. The van der Waals surface area contributed by atoms with Crippen molar-refractivity contribution in [3.63, 3.8) is 0 Å². The van der Waals surface area contributed by atoms with Crippen molar-refractivity contribution in [2.45, 2.75) is 13.0 Å². The molecule has 2 heterocycles. The summed E-state index contributed by atoms with van der Waals surface area (Å²) < 4.78 is 1.97. The Bertz CT molecular complexity index is 1020. The topological polar surface area (TPSA) is 91.6 Å². The van der Waals surface area contributed by atoms with Gasteiger partial charge in [0, 0.05) is 39.1 Å². The van der Waals surface area contributed by atoms with Crippen LogP contribution in [0.15, 0.2) is 60.1 Å². The number of carbonyl (C=O) groups is 2. The van der Waals surface area contributed by atoms with Gasteiger partial charge in [-0.1, -0.05) is 30.4 Å². The molecule has 0 spiro atoms. The van der Waals surface area contributed by atoms with Gasteiger partial charge >= 0.3 is 0 Å². The van der Waals surface area contributed by atoms with E-state index < -0.39 is 0 Å². The molecule has 3 aliphatic rings. The maximum Gasteiger partial charge on any atom is 0.233 e. The highest BCUT2D eigenvalue weighted by Crippen LogP contribution is 2.52. The molecule has 8 nitrogen and oxygen atoms in total. The van der Waals surface area contributed by atoms with Crippen molar-refractivity contribution in [1.82, 2.24) is 25.1 Å². The van der Waals surface area contributed by atoms with Gasteiger partial charge in [-0.2, -0.15) is 0 Å². The summed E-state index contributed by atoms with van der Waals surface area (Å²) in [6.45, 7) is 1.40. The first-order chi connectivity index (χ1) is 15.2. The Hall–Kier alpha value is -2.69. The van der Waals surface area contributed by atoms with Crippen molar-refractivity contribution >= 4 is 41.8 Å². The number of guanidine groups is 1. The third-order valence-electron chi connectivity index (χ3n) is 6.63. The smallest absolute Gasteiger partial charge is 0.233 e. The number of amides is 2. The van der Waals surface area contributed by atoms with Crippen LogP contribution in [0.2, 0.25) is 0 Å². The summed E-state index contributed by atoms with van der Waals surface area (Å²) in [4.78, 5) is 35.4. The Morgan fingerprint density at radius 1 is 1.12 bits per heavy atom. The molecule has 1 aromatic heterocycles. The van der Waals surface area contributed by atoms with Crippen LogP contribution in [-0.2, 0) is 16.1 Å². The van der Waals surface area contributed by atoms with Crippen molar-refractivity contribution in [2.75, 3.05) is 20.1 Å². The van der Waals surface area contributed by atoms with Gasteiger partial charge < -0.3 is 15.2 Å². The van der Waals surface area contributed by atoms with Gasteiger partial charge in [0.2, 0.25) is 11.8 Å². The lowest BCUT2D eigenvalue weighted by atomic mass is 9.85. The summed E-state index contributed by atoms with van der Waals surface area (Å²) in [6, 6.07) is 8.08. The van der Waals surface area contributed by atoms with E-state index in [9.17, 15) is 9.59 Å². The van der Waals surface area contributed by atoms with Crippen LogP contribution in [0.1, 0.15) is 12.0 Å². The summed E-state index contributed by atoms with van der Waals surface area (Å²) in [5.41, 5.74) is 2.15. The van der Waals surface area contributed by atoms with Gasteiger partial charge in [-0.05, 0) is 29.9 Å². The standard InChI is InChI=1S/C23H26N6O2.HI/c1-24-23(27-13-17-4-2-3-5-18(17)28-10-8-25-14-28)26-9-11-29-21(30)19-15-6-7-16(12-15)20(19)22(29)31;/h2-8,10,14-16,19-20H,9,11-13H2,1H3,(H2,24,26,27);1H. The lowest BCUT2D eigenvalue weighted by molar-refractivity contribution is -0.140. The Morgan fingerprint density at radius 2 is 1.84 bits per heavy atom. The minimum absolute atomic E-state index is 0. The molecular formula is C23H27IN6O2. The maximum atomic E-state index is 12.8. The molecule has 1 saturated heterocycles. The number of hydrogen-bond acceptors (Lipinski definition) is 4. The lowest BCUT2D eigenvalue weighted by Crippen LogP contribution is -2.43. The molecule has 4 unspecified atom stereocenters. The molecular weight excluding hydrogens is 519 g/mol. The number of hydrogen-bond donors (Lipinski definition) is 2. The highest BCUT2D eigenvalue weighted by molar-refractivity contribution is 14.0. The summed E-state index contributed by atoms with van der Waals surface area (Å²) >= 11 is 0. The highest BCUT2D eigenvalue weighted by atomic mass is 127. The number of fused-ring (bicyclic) bond motifs is 5. The predicted octanol–water partition coefficient (Wildman–Crippen LogP) is 1.96. The summed E-state index contributed by atoms with van der Waals surface area (Å²) in [5, 5.41) is 6.53. The summed E-state index contributed by atoms with van der Waals surface area (Å²) in [5.74, 6) is 0.821. The number of aliphatic imine (C=N–C) groups is 1. The van der Waals surface area contributed by atoms with E-state index in [4.69, 9.17) is 0 Å². The van der Waals surface area contributed by atoms with E-state index in [2.05, 4.69) is 38.8 Å². The van der Waals surface area contributed by atoms with E-state index in [1.54, 1.807) is 19.6 Å². The first-order valence-electron chi connectivity index (χ1n) is 10.7. The number of benzene rings is 1. The molecule has 2 fully saturated rings. The van der Waals surface area contributed by atoms with E-state index in [-0.39, 0.29) is 59.5 Å². The number of aromatic nitrogens is 2. The van der Waals surface area contributed by atoms with E-state index in [0.29, 0.717) is 25.6 Å². The van der Waals surface area contributed by atoms with Crippen molar-refractivity contribution in [2.24, 2.45) is 28.7 Å². The van der Waals surface area contributed by atoms with Gasteiger partial charge in [0.1, 0.15) is 0 Å². The fourth-order valence-corrected chi connectivity index (χ4v) is 5.18. The third kappa shape index (κ3) is 3.94. The SMILES string of the molecule is CN=C(NCCN1C(=O)C2C3C=CC(C3)C2C1=O)NCc1ccccc1-n1ccnc1.I. The van der Waals surface area contributed by atoms with E-state index in [0.717, 1.165) is 17.7 Å². The van der Waals surface area contributed by atoms with E-state index >= 15 is 0 Å². The van der Waals surface area contributed by atoms with Gasteiger partial charge in [-0.3, -0.25) is 19.5 Å². The minimum atomic E-state index is -0.139. The molecule has 5 rings (SSSR count). The Balaban J connectivity index is 0.00000245. The molecule has 168 valence electrons. The summed E-state index contributed by atoms with van der Waals surface area (Å²) in [7, 11) is 1.71. The van der Waals surface area contributed by atoms with Crippen LogP contribution in [-0.4, -0.2) is 52.4 Å². The number of nitrogens with one attached hydrogen (secondary N) is 2. The second kappa shape index (κ2) is 9.43. The molecule has 2 bridgehead atoms. The Labute approximate surface area is 204 Å². The number of halogens is 1. The highest BCUT2D eigenvalue weighted by Gasteiger charge is 2.58. The zero-order chi connectivity index (χ0) is 21.4. The van der Waals surface area contributed by atoms with Crippen molar-refractivity contribution in [3.05, 3.63) is 60.7 Å². The predicted molar refractivity (Wildman–Crippen MR) is 132 cm³/mol. The first kappa shape index (κ1) is 22.5. The van der Waals surface area contributed by atoms with Crippen LogP contribution in [0.3, 0.4) is 0 Å². The Morgan fingerprint density at radius 3 is 2.50 bits per heavy atom. The molecule has 0 radical (unpaired) electrons. The average molecular weight is 546 g/mol. The van der Waals surface area contributed by atoms with Crippen molar-refractivity contribution in [1.29, 1.82) is 0 Å². The molecule has 2 N–H and O–H groups in total. The van der Waals surface area contributed by atoms with Crippen LogP contribution < -0.4 is 10.6 Å². The van der Waals surface area contributed by atoms with Gasteiger partial charge in [0.15, 0.2) is 5.96 Å². The maximum absolute atomic E-state index is 12.8. The van der Waals surface area contributed by atoms with Crippen LogP contribution >= 0.6 is 24.0 Å². The molecule has 1 saturated carbocycles. The third-order valence-corrected chi connectivity index (χ3v) is 6.63. The van der Waals surface area contributed by atoms with E-state index in [1.165, 1.54) is 4.90 Å². The number of para-hydroxylation sites is 1. The molecule has 2 amide bonds. The van der Waals surface area contributed by atoms with Crippen molar-refractivity contribution < 1.29 is 9.59 Å². The van der Waals surface area contributed by atoms with Gasteiger partial charge in [0.25, 0.3) is 0 Å². The van der Waals surface area contributed by atoms with Gasteiger partial charge in [0.05, 0.1) is 23.9 Å². The lowest BCUT2D eigenvalue weighted by Gasteiger charge is -2.19. The minimum Gasteiger partial charge on any atom is -0.355 e. The zero-order valence-corrected chi connectivity index (χ0v) is 20.2. The van der Waals surface area contributed by atoms with Crippen LogP contribution in [0, 0.1) is 23.7 Å². The largest absolute Gasteiger partial charge is 0.355 e. The molecule has 2 aromatic rings. The molecule has 1 aromatic carbocycles. The molecule has 9 heteroatoms. The molecule has 2 aliphatic carbocycles. The summed E-state index contributed by atoms with van der Waals surface area (Å²) in [6.07, 6.45) is 10.6. The second-order valence-corrected chi connectivity index (χ2v) is 8.28. The number of carbonyl (C=O) groups excluding carboxylic acids is 2. The van der Waals surface area contributed by atoms with E-state index in [1.807, 2.05) is 29.0 Å². The molecule has 1 aliphatic heterocycles. The zero-order valence-electron chi connectivity index (χ0n) is 17.8. The number of allylic oxidation sites excluding steroid dienone is 2. The van der Waals surface area contributed by atoms with Crippen LogP contribution in [0.25, 0.3) is 5.69 Å². The van der Waals surface area contributed by atoms with Gasteiger partial charge in [-0.15, -0.1) is 24.0 Å². The number of nitrogens with zero attached hydrogens (tertiary/aromatic N) is 4. The first-order valence-corrected chi connectivity index (χ1v) is 10.7. The monoisotopic (exact) mass is 546 g/mol. The Kier molecular flexibility index (Phi) is 6.63.